The van der Waals surface area contributed by atoms with Gasteiger partial charge in [-0.1, -0.05) is 6.42 Å². The number of esters is 5. The van der Waals surface area contributed by atoms with Crippen LogP contribution in [0.3, 0.4) is 0 Å². The average Bonchev–Trinajstić information content (AvgIpc) is 3.29. The lowest BCUT2D eigenvalue weighted by Gasteiger charge is -2.04. The largest absolute Gasteiger partial charge is 0.466 e. The van der Waals surface area contributed by atoms with Crippen molar-refractivity contribution < 1.29 is 98.7 Å². The first-order valence-corrected chi connectivity index (χ1v) is 23.4. The Balaban J connectivity index is -0.000000232. The lowest BCUT2D eigenvalue weighted by atomic mass is 10.2. The molecule has 0 saturated carbocycles. The zero-order valence-corrected chi connectivity index (χ0v) is 39.3. The van der Waals surface area contributed by atoms with Gasteiger partial charge in [0.05, 0.1) is 59.1 Å². The SMILES string of the molecule is O=C(CCCCO)OCCCCCCO.O=C(CCCCO)OCCCCCO.O=C(CCCO)OCCCCCO.O=C(CCO)OCCCCCO.O=C(CCO)OCCCCO. The van der Waals surface area contributed by atoms with Crippen LogP contribution in [0.5, 0.6) is 0 Å². The first kappa shape index (κ1) is 71.0. The number of unbranched alkanes of at least 4 members (excludes halogenated alkanes) is 12. The standard InChI is InChI=1S/C11H22O4.C10H20O4.C9H18O4.C8H16O4.C7H14O4/c12-8-4-1-2-6-10-15-11(14)7-3-5-9-13;11-7-3-1-5-9-14-10(13)6-2-4-8-12;10-6-2-1-3-8-13-9(12)5-4-7-11;9-5-2-1-3-7-12-8(11)4-6-10;8-4-1-2-6-11-7(10)3-5-9/h12-13H,1-10H2;11-12H,1-9H2;10-11H,1-8H2;9-10H,1-7H2;8-9H,1-6H2. The van der Waals surface area contributed by atoms with Crippen LogP contribution >= 0.6 is 0 Å². The van der Waals surface area contributed by atoms with E-state index < -0.39 is 0 Å². The fourth-order valence-corrected chi connectivity index (χ4v) is 4.41. The van der Waals surface area contributed by atoms with Crippen LogP contribution in [0.2, 0.25) is 0 Å². The summed E-state index contributed by atoms with van der Waals surface area (Å²) in [6, 6.07) is 0. The van der Waals surface area contributed by atoms with E-state index in [-0.39, 0.29) is 115 Å². The third kappa shape index (κ3) is 78.5. The molecule has 0 aliphatic heterocycles. The Kier molecular flexibility index (Phi) is 73.7. The second-order valence-corrected chi connectivity index (χ2v) is 14.2. The number of aliphatic hydroxyl groups is 10. The average molecular weight is 951 g/mol. The molecule has 20 nitrogen and oxygen atoms in total. The number of carbonyl (C=O) groups excluding carboxylic acids is 5. The minimum absolute atomic E-state index is 0.0274. The highest BCUT2D eigenvalue weighted by molar-refractivity contribution is 5.70. The lowest BCUT2D eigenvalue weighted by molar-refractivity contribution is -0.145. The van der Waals surface area contributed by atoms with Gasteiger partial charge in [0, 0.05) is 72.1 Å². The molecular formula is C45H90O20. The van der Waals surface area contributed by atoms with E-state index in [0.29, 0.717) is 90.8 Å². The summed E-state index contributed by atoms with van der Waals surface area (Å²) in [7, 11) is 0. The molecule has 20 heteroatoms. The van der Waals surface area contributed by atoms with Gasteiger partial charge in [-0.15, -0.1) is 0 Å². The molecule has 0 rings (SSSR count). The molecule has 0 radical (unpaired) electrons. The van der Waals surface area contributed by atoms with E-state index >= 15 is 0 Å². The normalized spacial score (nSPS) is 10.0. The maximum Gasteiger partial charge on any atom is 0.308 e. The molecule has 0 aliphatic carbocycles. The van der Waals surface area contributed by atoms with Gasteiger partial charge in [0.15, 0.2) is 0 Å². The topological polar surface area (TPSA) is 334 Å². The predicted octanol–water partition coefficient (Wildman–Crippen LogP) is 2.32. The van der Waals surface area contributed by atoms with Gasteiger partial charge in [0.2, 0.25) is 0 Å². The Morgan fingerprint density at radius 3 is 0.646 bits per heavy atom. The fourth-order valence-electron chi connectivity index (χ4n) is 4.41. The van der Waals surface area contributed by atoms with Gasteiger partial charge in [0.1, 0.15) is 0 Å². The van der Waals surface area contributed by atoms with Gasteiger partial charge in [0.25, 0.3) is 0 Å². The first-order valence-electron chi connectivity index (χ1n) is 23.4. The van der Waals surface area contributed by atoms with E-state index in [1.54, 1.807) is 0 Å². The Morgan fingerprint density at radius 2 is 0.385 bits per heavy atom. The van der Waals surface area contributed by atoms with E-state index in [0.717, 1.165) is 83.5 Å². The van der Waals surface area contributed by atoms with E-state index in [4.69, 9.17) is 70.0 Å². The molecule has 0 heterocycles. The van der Waals surface area contributed by atoms with Gasteiger partial charge < -0.3 is 74.7 Å². The molecule has 390 valence electrons. The second-order valence-electron chi connectivity index (χ2n) is 14.2. The Morgan fingerprint density at radius 1 is 0.200 bits per heavy atom. The highest BCUT2D eigenvalue weighted by atomic mass is 16.5. The van der Waals surface area contributed by atoms with Crippen molar-refractivity contribution in [3.63, 3.8) is 0 Å². The number of carbonyl (C=O) groups is 5. The summed E-state index contributed by atoms with van der Waals surface area (Å²) >= 11 is 0. The first-order chi connectivity index (χ1) is 31.5. The van der Waals surface area contributed by atoms with Gasteiger partial charge in [-0.2, -0.15) is 0 Å². The second kappa shape index (κ2) is 67.5. The number of aliphatic hydroxyl groups excluding tert-OH is 10. The van der Waals surface area contributed by atoms with Gasteiger partial charge in [-0.05, 0) is 122 Å². The molecule has 10 N–H and O–H groups in total. The Hall–Kier alpha value is -3.05. The molecule has 0 aromatic carbocycles. The molecule has 0 amide bonds. The summed E-state index contributed by atoms with van der Waals surface area (Å²) in [5.41, 5.74) is 0. The summed E-state index contributed by atoms with van der Waals surface area (Å²) in [5.74, 6) is -1.36. The van der Waals surface area contributed by atoms with E-state index in [1.807, 2.05) is 0 Å². The molecule has 0 saturated heterocycles. The van der Waals surface area contributed by atoms with Gasteiger partial charge in [-0.3, -0.25) is 24.0 Å². The number of ether oxygens (including phenoxy) is 5. The van der Waals surface area contributed by atoms with E-state index in [2.05, 4.69) is 4.74 Å². The molecule has 0 spiro atoms. The van der Waals surface area contributed by atoms with Crippen molar-refractivity contribution in [2.75, 3.05) is 99.1 Å². The molecule has 0 aliphatic rings. The van der Waals surface area contributed by atoms with Crippen molar-refractivity contribution in [2.45, 2.75) is 161 Å². The fraction of sp³-hybridized carbons (Fsp3) is 0.889. The zero-order chi connectivity index (χ0) is 49.7. The maximum absolute atomic E-state index is 11.1. The van der Waals surface area contributed by atoms with Crippen LogP contribution in [0.1, 0.15) is 161 Å². The third-order valence-corrected chi connectivity index (χ3v) is 8.08. The minimum atomic E-state index is -0.384. The van der Waals surface area contributed by atoms with Crippen LogP contribution < -0.4 is 0 Å². The van der Waals surface area contributed by atoms with Crippen molar-refractivity contribution in [1.29, 1.82) is 0 Å². The van der Waals surface area contributed by atoms with E-state index in [1.165, 1.54) is 0 Å². The smallest absolute Gasteiger partial charge is 0.308 e. The van der Waals surface area contributed by atoms with Crippen LogP contribution in [0.4, 0.5) is 0 Å². The molecule has 0 atom stereocenters. The third-order valence-electron chi connectivity index (χ3n) is 8.08. The minimum Gasteiger partial charge on any atom is -0.466 e. The van der Waals surface area contributed by atoms with Crippen LogP contribution in [0.15, 0.2) is 0 Å². The number of hydrogen-bond donors (Lipinski definition) is 10. The number of hydrogen-bond acceptors (Lipinski definition) is 20. The van der Waals surface area contributed by atoms with Crippen molar-refractivity contribution in [1.82, 2.24) is 0 Å². The quantitative estimate of drug-likeness (QED) is 0.0239. The maximum atomic E-state index is 11.1. The van der Waals surface area contributed by atoms with Crippen molar-refractivity contribution in [2.24, 2.45) is 0 Å². The van der Waals surface area contributed by atoms with Crippen LogP contribution in [-0.4, -0.2) is 180 Å². The van der Waals surface area contributed by atoms with Crippen molar-refractivity contribution in [3.8, 4) is 0 Å². The monoisotopic (exact) mass is 951 g/mol. The molecule has 65 heavy (non-hydrogen) atoms. The van der Waals surface area contributed by atoms with E-state index in [9.17, 15) is 24.0 Å². The molecular weight excluding hydrogens is 860 g/mol. The van der Waals surface area contributed by atoms with Crippen molar-refractivity contribution in [3.05, 3.63) is 0 Å². The lowest BCUT2D eigenvalue weighted by Crippen LogP contribution is -2.07. The van der Waals surface area contributed by atoms with Crippen LogP contribution in [0.25, 0.3) is 0 Å². The molecule has 0 aromatic heterocycles. The molecule has 0 aromatic rings. The predicted molar refractivity (Wildman–Crippen MR) is 241 cm³/mol. The summed E-state index contributed by atoms with van der Waals surface area (Å²) in [4.78, 5) is 54.1. The molecule has 0 bridgehead atoms. The van der Waals surface area contributed by atoms with Crippen LogP contribution in [-0.2, 0) is 47.7 Å². The summed E-state index contributed by atoms with van der Waals surface area (Å²) in [6.45, 7) is 2.96. The van der Waals surface area contributed by atoms with Gasteiger partial charge in [-0.25, -0.2) is 0 Å². The summed E-state index contributed by atoms with van der Waals surface area (Å²) in [5, 5.41) is 84.3. The van der Waals surface area contributed by atoms with Crippen LogP contribution in [0, 0.1) is 0 Å². The Bertz CT molecular complexity index is 972. The summed E-state index contributed by atoms with van der Waals surface area (Å²) < 4.78 is 24.2. The number of rotatable bonds is 40. The van der Waals surface area contributed by atoms with Gasteiger partial charge >= 0.3 is 29.8 Å². The highest BCUT2D eigenvalue weighted by Crippen LogP contribution is 2.03. The van der Waals surface area contributed by atoms with Crippen molar-refractivity contribution >= 4 is 29.8 Å². The zero-order valence-electron chi connectivity index (χ0n) is 39.3. The molecule has 0 unspecified atom stereocenters. The summed E-state index contributed by atoms with van der Waals surface area (Å²) in [6.07, 6.45) is 16.6. The highest BCUT2D eigenvalue weighted by Gasteiger charge is 2.04. The molecule has 0 fully saturated rings. The Labute approximate surface area is 387 Å².